The average Bonchev–Trinajstić information content (AvgIpc) is 2.23. The van der Waals surface area contributed by atoms with Crippen LogP contribution in [0.15, 0.2) is 0 Å². The molecule has 3 N–H and O–H groups in total. The number of carbonyl (C=O) groups is 1. The summed E-state index contributed by atoms with van der Waals surface area (Å²) in [5.41, 5.74) is 5.54. The van der Waals surface area contributed by atoms with E-state index in [1.54, 1.807) is 0 Å². The van der Waals surface area contributed by atoms with Gasteiger partial charge in [-0.25, -0.2) is 0 Å². The molecule has 0 aliphatic heterocycles. The zero-order chi connectivity index (χ0) is 12.5. The molecule has 4 nitrogen and oxygen atoms in total. The summed E-state index contributed by atoms with van der Waals surface area (Å²) in [6, 6.07) is 0.624. The smallest absolute Gasteiger partial charge is 0.234 e. The SMILES string of the molecule is CCCCNC(=O)CN(CCCN)C1CCC1. The van der Waals surface area contributed by atoms with E-state index in [1.807, 2.05) is 0 Å². The van der Waals surface area contributed by atoms with E-state index in [-0.39, 0.29) is 5.91 Å². The molecule has 1 saturated carbocycles. The number of amides is 1. The molecule has 0 spiro atoms. The zero-order valence-corrected chi connectivity index (χ0v) is 11.1. The van der Waals surface area contributed by atoms with Crippen LogP contribution in [0.4, 0.5) is 0 Å². The Labute approximate surface area is 105 Å². The Morgan fingerprint density at radius 3 is 2.71 bits per heavy atom. The number of hydrogen-bond donors (Lipinski definition) is 2. The first kappa shape index (κ1) is 14.5. The van der Waals surface area contributed by atoms with Gasteiger partial charge >= 0.3 is 0 Å². The van der Waals surface area contributed by atoms with E-state index in [0.29, 0.717) is 19.1 Å². The lowest BCUT2D eigenvalue weighted by Gasteiger charge is -2.37. The normalized spacial score (nSPS) is 15.9. The largest absolute Gasteiger partial charge is 0.355 e. The van der Waals surface area contributed by atoms with Gasteiger partial charge < -0.3 is 11.1 Å². The van der Waals surface area contributed by atoms with E-state index in [4.69, 9.17) is 5.73 Å². The van der Waals surface area contributed by atoms with Gasteiger partial charge in [-0.05, 0) is 32.2 Å². The van der Waals surface area contributed by atoms with Gasteiger partial charge in [-0.3, -0.25) is 9.69 Å². The van der Waals surface area contributed by atoms with Crippen molar-refractivity contribution in [1.29, 1.82) is 0 Å². The van der Waals surface area contributed by atoms with E-state index in [2.05, 4.69) is 17.1 Å². The molecule has 4 heteroatoms. The minimum absolute atomic E-state index is 0.169. The van der Waals surface area contributed by atoms with E-state index >= 15 is 0 Å². The molecule has 0 aromatic rings. The molecule has 100 valence electrons. The monoisotopic (exact) mass is 241 g/mol. The summed E-state index contributed by atoms with van der Waals surface area (Å²) in [5, 5.41) is 2.98. The van der Waals surface area contributed by atoms with Gasteiger partial charge in [-0.2, -0.15) is 0 Å². The fourth-order valence-electron chi connectivity index (χ4n) is 2.08. The molecule has 1 aliphatic carbocycles. The first-order chi connectivity index (χ1) is 8.27. The van der Waals surface area contributed by atoms with Crippen LogP contribution in [0.5, 0.6) is 0 Å². The quantitative estimate of drug-likeness (QED) is 0.594. The maximum atomic E-state index is 11.8. The number of nitrogens with zero attached hydrogens (tertiary/aromatic N) is 1. The number of carbonyl (C=O) groups excluding carboxylic acids is 1. The summed E-state index contributed by atoms with van der Waals surface area (Å²) < 4.78 is 0. The van der Waals surface area contributed by atoms with Gasteiger partial charge in [-0.15, -0.1) is 0 Å². The van der Waals surface area contributed by atoms with Crippen LogP contribution < -0.4 is 11.1 Å². The maximum Gasteiger partial charge on any atom is 0.234 e. The van der Waals surface area contributed by atoms with Crippen molar-refractivity contribution in [2.45, 2.75) is 51.5 Å². The van der Waals surface area contributed by atoms with Crippen molar-refractivity contribution >= 4 is 5.91 Å². The van der Waals surface area contributed by atoms with Crippen molar-refractivity contribution in [3.8, 4) is 0 Å². The zero-order valence-electron chi connectivity index (χ0n) is 11.1. The molecule has 0 heterocycles. The fourth-order valence-corrected chi connectivity index (χ4v) is 2.08. The fraction of sp³-hybridized carbons (Fsp3) is 0.923. The molecular weight excluding hydrogens is 214 g/mol. The molecule has 1 rings (SSSR count). The van der Waals surface area contributed by atoms with Crippen LogP contribution in [0.2, 0.25) is 0 Å². The first-order valence-corrected chi connectivity index (χ1v) is 6.98. The summed E-state index contributed by atoms with van der Waals surface area (Å²) in [7, 11) is 0. The van der Waals surface area contributed by atoms with E-state index in [0.717, 1.165) is 32.4 Å². The van der Waals surface area contributed by atoms with Crippen molar-refractivity contribution < 1.29 is 4.79 Å². The van der Waals surface area contributed by atoms with Gasteiger partial charge in [0.1, 0.15) is 0 Å². The molecule has 17 heavy (non-hydrogen) atoms. The van der Waals surface area contributed by atoms with Gasteiger partial charge in [0.2, 0.25) is 5.91 Å². The van der Waals surface area contributed by atoms with Crippen molar-refractivity contribution in [3.05, 3.63) is 0 Å². The van der Waals surface area contributed by atoms with Crippen molar-refractivity contribution in [2.75, 3.05) is 26.2 Å². The van der Waals surface area contributed by atoms with Crippen LogP contribution >= 0.6 is 0 Å². The minimum atomic E-state index is 0.169. The summed E-state index contributed by atoms with van der Waals surface area (Å²) in [6.45, 7) is 5.16. The third kappa shape index (κ3) is 5.50. The highest BCUT2D eigenvalue weighted by atomic mass is 16.2. The topological polar surface area (TPSA) is 58.4 Å². The molecule has 0 aromatic heterocycles. The second kappa shape index (κ2) is 8.48. The maximum absolute atomic E-state index is 11.8. The number of rotatable bonds is 9. The summed E-state index contributed by atoms with van der Waals surface area (Å²) >= 11 is 0. The van der Waals surface area contributed by atoms with Crippen LogP contribution in [-0.4, -0.2) is 43.0 Å². The lowest BCUT2D eigenvalue weighted by molar-refractivity contribution is -0.123. The predicted molar refractivity (Wildman–Crippen MR) is 70.8 cm³/mol. The average molecular weight is 241 g/mol. The van der Waals surface area contributed by atoms with Crippen molar-refractivity contribution in [1.82, 2.24) is 10.2 Å². The molecule has 0 unspecified atom stereocenters. The van der Waals surface area contributed by atoms with Crippen LogP contribution in [-0.2, 0) is 4.79 Å². The summed E-state index contributed by atoms with van der Waals surface area (Å²) in [4.78, 5) is 14.1. The molecule has 0 aromatic carbocycles. The Kier molecular flexibility index (Phi) is 7.21. The minimum Gasteiger partial charge on any atom is -0.355 e. The predicted octanol–water partition coefficient (Wildman–Crippen LogP) is 1.11. The van der Waals surface area contributed by atoms with Gasteiger partial charge in [0, 0.05) is 19.1 Å². The molecule has 1 amide bonds. The third-order valence-electron chi connectivity index (χ3n) is 3.44. The second-order valence-corrected chi connectivity index (χ2v) is 4.90. The lowest BCUT2D eigenvalue weighted by atomic mass is 9.91. The third-order valence-corrected chi connectivity index (χ3v) is 3.44. The van der Waals surface area contributed by atoms with Crippen LogP contribution in [0.25, 0.3) is 0 Å². The molecular formula is C13H27N3O. The highest BCUT2D eigenvalue weighted by Gasteiger charge is 2.25. The van der Waals surface area contributed by atoms with Gasteiger partial charge in [0.05, 0.1) is 6.54 Å². The summed E-state index contributed by atoms with van der Waals surface area (Å²) in [6.07, 6.45) is 6.97. The standard InChI is InChI=1S/C13H27N3O/c1-2-3-9-15-13(17)11-16(10-5-8-14)12-6-4-7-12/h12H,2-11,14H2,1H3,(H,15,17). The Balaban J connectivity index is 2.23. The summed E-state index contributed by atoms with van der Waals surface area (Å²) in [5.74, 6) is 0.169. The molecule has 0 atom stereocenters. The Hall–Kier alpha value is -0.610. The highest BCUT2D eigenvalue weighted by Crippen LogP contribution is 2.24. The number of hydrogen-bond acceptors (Lipinski definition) is 3. The van der Waals surface area contributed by atoms with Crippen LogP contribution in [0.3, 0.4) is 0 Å². The Morgan fingerprint density at radius 1 is 1.41 bits per heavy atom. The van der Waals surface area contributed by atoms with E-state index in [1.165, 1.54) is 19.3 Å². The van der Waals surface area contributed by atoms with E-state index in [9.17, 15) is 4.79 Å². The molecule has 0 radical (unpaired) electrons. The number of nitrogens with two attached hydrogens (primary N) is 1. The van der Waals surface area contributed by atoms with Crippen molar-refractivity contribution in [3.63, 3.8) is 0 Å². The van der Waals surface area contributed by atoms with Crippen LogP contribution in [0.1, 0.15) is 45.4 Å². The number of unbranched alkanes of at least 4 members (excludes halogenated alkanes) is 1. The van der Waals surface area contributed by atoms with E-state index < -0.39 is 0 Å². The van der Waals surface area contributed by atoms with Gasteiger partial charge in [-0.1, -0.05) is 19.8 Å². The molecule has 0 saturated heterocycles. The highest BCUT2D eigenvalue weighted by molar-refractivity contribution is 5.78. The first-order valence-electron chi connectivity index (χ1n) is 6.98. The molecule has 0 bridgehead atoms. The van der Waals surface area contributed by atoms with Crippen molar-refractivity contribution in [2.24, 2.45) is 5.73 Å². The number of nitrogens with one attached hydrogen (secondary N) is 1. The second-order valence-electron chi connectivity index (χ2n) is 4.90. The van der Waals surface area contributed by atoms with Gasteiger partial charge in [0.25, 0.3) is 0 Å². The molecule has 1 fully saturated rings. The van der Waals surface area contributed by atoms with Crippen LogP contribution in [0, 0.1) is 0 Å². The van der Waals surface area contributed by atoms with Gasteiger partial charge in [0.15, 0.2) is 0 Å². The Morgan fingerprint density at radius 2 is 2.18 bits per heavy atom. The Bertz CT molecular complexity index is 217. The molecule has 1 aliphatic rings. The lowest BCUT2D eigenvalue weighted by Crippen LogP contribution is -2.46.